The zero-order chi connectivity index (χ0) is 25.3. The lowest BCUT2D eigenvalue weighted by molar-refractivity contribution is -0.149. The number of aliphatic hydroxyl groups is 1. The fourth-order valence-electron chi connectivity index (χ4n) is 3.87. The van der Waals surface area contributed by atoms with Gasteiger partial charge in [0.1, 0.15) is 30.5 Å². The molecule has 1 aromatic rings. The number of aryl methyl sites for hydroxylation is 1. The van der Waals surface area contributed by atoms with Crippen molar-refractivity contribution >= 4 is 17.8 Å². The van der Waals surface area contributed by atoms with Crippen LogP contribution in [0.5, 0.6) is 5.75 Å². The number of carbonyl (C=O) groups is 3. The molecule has 0 aliphatic carbocycles. The van der Waals surface area contributed by atoms with Crippen LogP contribution in [0.1, 0.15) is 45.6 Å². The predicted molar refractivity (Wildman–Crippen MR) is 126 cm³/mol. The molecule has 0 radical (unpaired) electrons. The Hall–Kier alpha value is -2.69. The molecule has 4 atom stereocenters. The molecule has 1 saturated heterocycles. The Balaban J connectivity index is 1.84. The van der Waals surface area contributed by atoms with Gasteiger partial charge < -0.3 is 30.3 Å². The number of benzene rings is 1. The number of nitrogens with zero attached hydrogens (tertiary/aromatic N) is 1. The van der Waals surface area contributed by atoms with Crippen LogP contribution in [0.15, 0.2) is 24.3 Å². The van der Waals surface area contributed by atoms with E-state index in [1.165, 1.54) is 4.90 Å². The lowest BCUT2D eigenvalue weighted by atomic mass is 10.0. The second-order valence-corrected chi connectivity index (χ2v) is 9.02. The van der Waals surface area contributed by atoms with E-state index in [1.54, 1.807) is 19.1 Å². The number of hydrogen-bond donors (Lipinski definition) is 5. The topological polar surface area (TPSA) is 148 Å². The summed E-state index contributed by atoms with van der Waals surface area (Å²) in [5.41, 5.74) is 0.909. The average Bonchev–Trinajstić information content (AvgIpc) is 3.29. The maximum atomic E-state index is 12.7. The first-order valence-corrected chi connectivity index (χ1v) is 11.7. The van der Waals surface area contributed by atoms with Gasteiger partial charge >= 0.3 is 11.9 Å². The highest BCUT2D eigenvalue weighted by molar-refractivity contribution is 5.88. The molecule has 1 heterocycles. The number of rotatable bonds is 14. The molecule has 0 bridgehead atoms. The fourth-order valence-corrected chi connectivity index (χ4v) is 3.87. The van der Waals surface area contributed by atoms with E-state index in [-0.39, 0.29) is 19.1 Å². The molecule has 0 spiro atoms. The Labute approximate surface area is 200 Å². The molecule has 1 amide bonds. The number of aliphatic carboxylic acids is 2. The van der Waals surface area contributed by atoms with Crippen LogP contribution < -0.4 is 15.4 Å². The quantitative estimate of drug-likeness (QED) is 0.262. The van der Waals surface area contributed by atoms with Gasteiger partial charge in [0, 0.05) is 19.1 Å². The van der Waals surface area contributed by atoms with Gasteiger partial charge in [0.2, 0.25) is 5.91 Å². The highest BCUT2D eigenvalue weighted by atomic mass is 16.5. The standard InChI is InChI=1S/C24H37N3O7/c1-15(2)25-13-18(28)14-34-19-9-6-17(7-10-19)8-11-20(23(30)31)26-16(3)22(29)27-12-4-5-21(27)24(32)33/h6-7,9-10,15-16,18,20-21,25-26,28H,4-5,8,11-14H2,1-3H3,(H,30,31)(H,32,33). The van der Waals surface area contributed by atoms with Crippen molar-refractivity contribution in [2.24, 2.45) is 0 Å². The number of carbonyl (C=O) groups excluding carboxylic acids is 1. The van der Waals surface area contributed by atoms with Crippen molar-refractivity contribution in [1.29, 1.82) is 0 Å². The number of carboxylic acid groups (broad SMARTS) is 2. The van der Waals surface area contributed by atoms with Crippen LogP contribution >= 0.6 is 0 Å². The van der Waals surface area contributed by atoms with Crippen LogP contribution in [0.25, 0.3) is 0 Å². The van der Waals surface area contributed by atoms with Crippen molar-refractivity contribution < 1.29 is 34.4 Å². The van der Waals surface area contributed by atoms with E-state index < -0.39 is 42.1 Å². The van der Waals surface area contributed by atoms with Crippen molar-refractivity contribution in [2.75, 3.05) is 19.7 Å². The fraction of sp³-hybridized carbons (Fsp3) is 0.625. The van der Waals surface area contributed by atoms with E-state index in [4.69, 9.17) is 4.74 Å². The first-order chi connectivity index (χ1) is 16.1. The van der Waals surface area contributed by atoms with Gasteiger partial charge in [-0.2, -0.15) is 0 Å². The maximum Gasteiger partial charge on any atom is 0.326 e. The highest BCUT2D eigenvalue weighted by Crippen LogP contribution is 2.19. The molecule has 4 unspecified atom stereocenters. The molecule has 2 rings (SSSR count). The van der Waals surface area contributed by atoms with Crippen LogP contribution in [-0.4, -0.2) is 88.0 Å². The van der Waals surface area contributed by atoms with Gasteiger partial charge in [-0.15, -0.1) is 0 Å². The molecular formula is C24H37N3O7. The van der Waals surface area contributed by atoms with Crippen molar-refractivity contribution in [3.8, 4) is 5.75 Å². The molecule has 1 fully saturated rings. The zero-order valence-electron chi connectivity index (χ0n) is 20.1. The number of aliphatic hydroxyl groups excluding tert-OH is 1. The maximum absolute atomic E-state index is 12.7. The summed E-state index contributed by atoms with van der Waals surface area (Å²) in [6.07, 6.45) is 1.12. The van der Waals surface area contributed by atoms with Crippen molar-refractivity contribution in [2.45, 2.75) is 76.7 Å². The number of ether oxygens (including phenoxy) is 1. The van der Waals surface area contributed by atoms with E-state index in [2.05, 4.69) is 10.6 Å². The van der Waals surface area contributed by atoms with Crippen LogP contribution in [-0.2, 0) is 20.8 Å². The Kier molecular flexibility index (Phi) is 10.7. The summed E-state index contributed by atoms with van der Waals surface area (Å²) >= 11 is 0. The van der Waals surface area contributed by atoms with E-state index in [0.29, 0.717) is 38.1 Å². The molecule has 1 aromatic carbocycles. The van der Waals surface area contributed by atoms with Gasteiger partial charge in [-0.25, -0.2) is 4.79 Å². The third-order valence-corrected chi connectivity index (χ3v) is 5.79. The summed E-state index contributed by atoms with van der Waals surface area (Å²) in [7, 11) is 0. The molecule has 10 nitrogen and oxygen atoms in total. The van der Waals surface area contributed by atoms with Gasteiger partial charge in [0.05, 0.1) is 6.04 Å². The van der Waals surface area contributed by atoms with Crippen LogP contribution in [0.3, 0.4) is 0 Å². The van der Waals surface area contributed by atoms with E-state index >= 15 is 0 Å². The number of carboxylic acids is 2. The number of amides is 1. The molecule has 10 heteroatoms. The Morgan fingerprint density at radius 3 is 2.41 bits per heavy atom. The van der Waals surface area contributed by atoms with E-state index in [9.17, 15) is 29.7 Å². The molecule has 1 aliphatic rings. The summed E-state index contributed by atoms with van der Waals surface area (Å²) in [5, 5.41) is 34.8. The zero-order valence-corrected chi connectivity index (χ0v) is 20.1. The Morgan fingerprint density at radius 2 is 1.82 bits per heavy atom. The molecule has 0 saturated carbocycles. The van der Waals surface area contributed by atoms with E-state index in [0.717, 1.165) is 5.56 Å². The minimum absolute atomic E-state index is 0.162. The summed E-state index contributed by atoms with van der Waals surface area (Å²) in [5.74, 6) is -1.90. The Bertz CT molecular complexity index is 815. The second kappa shape index (κ2) is 13.3. The van der Waals surface area contributed by atoms with Crippen LogP contribution in [0.4, 0.5) is 0 Å². The van der Waals surface area contributed by atoms with Crippen LogP contribution in [0.2, 0.25) is 0 Å². The molecule has 34 heavy (non-hydrogen) atoms. The molecule has 5 N–H and O–H groups in total. The molecular weight excluding hydrogens is 442 g/mol. The predicted octanol–water partition coefficient (Wildman–Crippen LogP) is 0.864. The number of nitrogens with one attached hydrogen (secondary N) is 2. The first-order valence-electron chi connectivity index (χ1n) is 11.7. The Morgan fingerprint density at radius 1 is 1.15 bits per heavy atom. The molecule has 190 valence electrons. The third kappa shape index (κ3) is 8.58. The lowest BCUT2D eigenvalue weighted by Gasteiger charge is -2.27. The van der Waals surface area contributed by atoms with Crippen molar-refractivity contribution in [3.05, 3.63) is 29.8 Å². The van der Waals surface area contributed by atoms with Gasteiger partial charge in [0.15, 0.2) is 0 Å². The third-order valence-electron chi connectivity index (χ3n) is 5.79. The van der Waals surface area contributed by atoms with Gasteiger partial charge in [-0.3, -0.25) is 14.9 Å². The number of hydrogen-bond acceptors (Lipinski definition) is 7. The monoisotopic (exact) mass is 479 g/mol. The smallest absolute Gasteiger partial charge is 0.326 e. The van der Waals surface area contributed by atoms with Crippen LogP contribution in [0, 0.1) is 0 Å². The summed E-state index contributed by atoms with van der Waals surface area (Å²) in [4.78, 5) is 37.1. The first kappa shape index (κ1) is 27.6. The van der Waals surface area contributed by atoms with Crippen molar-refractivity contribution in [1.82, 2.24) is 15.5 Å². The normalized spacial score (nSPS) is 18.5. The second-order valence-electron chi connectivity index (χ2n) is 9.02. The van der Waals surface area contributed by atoms with Gasteiger partial charge in [0.25, 0.3) is 0 Å². The van der Waals surface area contributed by atoms with Gasteiger partial charge in [-0.05, 0) is 50.3 Å². The number of likely N-dealkylation sites (tertiary alicyclic amines) is 1. The molecule has 1 aliphatic heterocycles. The summed E-state index contributed by atoms with van der Waals surface area (Å²) in [6, 6.07) is 4.87. The summed E-state index contributed by atoms with van der Waals surface area (Å²) < 4.78 is 5.59. The van der Waals surface area contributed by atoms with E-state index in [1.807, 2.05) is 26.0 Å². The van der Waals surface area contributed by atoms with Gasteiger partial charge in [-0.1, -0.05) is 26.0 Å². The average molecular weight is 480 g/mol. The van der Waals surface area contributed by atoms with Crippen molar-refractivity contribution in [3.63, 3.8) is 0 Å². The lowest BCUT2D eigenvalue weighted by Crippen LogP contribution is -2.53. The molecule has 0 aromatic heterocycles. The minimum atomic E-state index is -1.07. The highest BCUT2D eigenvalue weighted by Gasteiger charge is 2.36. The minimum Gasteiger partial charge on any atom is -0.491 e. The summed E-state index contributed by atoms with van der Waals surface area (Å²) in [6.45, 7) is 6.52. The SMILES string of the molecule is CC(C)NCC(O)COc1ccc(CCC(NC(C)C(=O)N2CCCC2C(=O)O)C(=O)O)cc1. The largest absolute Gasteiger partial charge is 0.491 e.